The van der Waals surface area contributed by atoms with Crippen molar-refractivity contribution in [3.05, 3.63) is 58.1 Å². The summed E-state index contributed by atoms with van der Waals surface area (Å²) in [5.41, 5.74) is 2.21. The Bertz CT molecular complexity index is 518. The molecule has 0 radical (unpaired) electrons. The maximum atomic E-state index is 5.85. The molecule has 0 saturated heterocycles. The highest BCUT2D eigenvalue weighted by molar-refractivity contribution is 9.10. The quantitative estimate of drug-likeness (QED) is 0.836. The van der Waals surface area contributed by atoms with Gasteiger partial charge in [-0.3, -0.25) is 0 Å². The number of halogens is 1. The normalized spacial score (nSPS) is 10.2. The minimum atomic E-state index is 0.528. The fourth-order valence-electron chi connectivity index (χ4n) is 1.72. The first kappa shape index (κ1) is 13.0. The number of aryl methyl sites for hydroxylation is 1. The molecule has 0 aliphatic heterocycles. The van der Waals surface area contributed by atoms with Crippen molar-refractivity contribution in [2.45, 2.75) is 13.5 Å². The Balaban J connectivity index is 2.11. The summed E-state index contributed by atoms with van der Waals surface area (Å²) >= 11 is 3.50. The molecule has 0 atom stereocenters. The Labute approximate surface area is 116 Å². The van der Waals surface area contributed by atoms with E-state index in [2.05, 4.69) is 15.9 Å². The summed E-state index contributed by atoms with van der Waals surface area (Å²) < 4.78 is 12.0. The summed E-state index contributed by atoms with van der Waals surface area (Å²) in [5, 5.41) is 0. The number of hydrogen-bond donors (Lipinski definition) is 0. The van der Waals surface area contributed by atoms with Crippen LogP contribution < -0.4 is 9.47 Å². The van der Waals surface area contributed by atoms with Gasteiger partial charge in [-0.1, -0.05) is 24.3 Å². The second-order valence-corrected chi connectivity index (χ2v) is 4.88. The Kier molecular flexibility index (Phi) is 4.26. The molecule has 0 aromatic heterocycles. The molecule has 0 unspecified atom stereocenters. The lowest BCUT2D eigenvalue weighted by molar-refractivity contribution is 0.301. The van der Waals surface area contributed by atoms with Crippen LogP contribution in [0.5, 0.6) is 11.5 Å². The second-order valence-electron chi connectivity index (χ2n) is 4.03. The number of methoxy groups -OCH3 is 1. The molecule has 18 heavy (non-hydrogen) atoms. The average Bonchev–Trinajstić information content (AvgIpc) is 2.38. The maximum Gasteiger partial charge on any atom is 0.136 e. The van der Waals surface area contributed by atoms with Gasteiger partial charge in [-0.05, 0) is 52.2 Å². The molecule has 2 aromatic rings. The first-order chi connectivity index (χ1) is 8.70. The van der Waals surface area contributed by atoms with Crippen LogP contribution in [0.25, 0.3) is 0 Å². The summed E-state index contributed by atoms with van der Waals surface area (Å²) in [4.78, 5) is 0. The van der Waals surface area contributed by atoms with E-state index in [4.69, 9.17) is 9.47 Å². The minimum Gasteiger partial charge on any atom is -0.497 e. The van der Waals surface area contributed by atoms with Crippen LogP contribution in [0, 0.1) is 6.92 Å². The molecule has 2 nitrogen and oxygen atoms in total. The van der Waals surface area contributed by atoms with Crippen molar-refractivity contribution < 1.29 is 9.47 Å². The van der Waals surface area contributed by atoms with Gasteiger partial charge in [0, 0.05) is 0 Å². The van der Waals surface area contributed by atoms with E-state index >= 15 is 0 Å². The molecular weight excluding hydrogens is 292 g/mol. The van der Waals surface area contributed by atoms with Crippen LogP contribution in [-0.2, 0) is 6.61 Å². The van der Waals surface area contributed by atoms with Gasteiger partial charge in [0.2, 0.25) is 0 Å². The molecule has 0 spiro atoms. The minimum absolute atomic E-state index is 0.528. The van der Waals surface area contributed by atoms with E-state index in [-0.39, 0.29) is 0 Å². The van der Waals surface area contributed by atoms with Crippen molar-refractivity contribution in [1.82, 2.24) is 0 Å². The predicted octanol–water partition coefficient (Wildman–Crippen LogP) is 4.35. The lowest BCUT2D eigenvalue weighted by Crippen LogP contribution is -1.98. The Morgan fingerprint density at radius 1 is 1.11 bits per heavy atom. The van der Waals surface area contributed by atoms with Crippen molar-refractivity contribution in [3.63, 3.8) is 0 Å². The lowest BCUT2D eigenvalue weighted by Gasteiger charge is -2.11. The molecule has 0 heterocycles. The fourth-order valence-corrected chi connectivity index (χ4v) is 2.30. The number of ether oxygens (including phenoxy) is 2. The molecule has 0 amide bonds. The van der Waals surface area contributed by atoms with Crippen molar-refractivity contribution in [2.75, 3.05) is 7.11 Å². The van der Waals surface area contributed by atoms with E-state index in [9.17, 15) is 0 Å². The standard InChI is InChI=1S/C15H15BrO2/c1-11-5-3-8-14(16)15(11)18-10-12-6-4-7-13(9-12)17-2/h3-9H,10H2,1-2H3. The Hall–Kier alpha value is -1.48. The second kappa shape index (κ2) is 5.91. The summed E-state index contributed by atoms with van der Waals surface area (Å²) in [6.45, 7) is 2.56. The van der Waals surface area contributed by atoms with E-state index in [0.717, 1.165) is 27.1 Å². The highest BCUT2D eigenvalue weighted by Gasteiger charge is 2.05. The third kappa shape index (κ3) is 3.05. The summed E-state index contributed by atoms with van der Waals surface area (Å²) in [7, 11) is 1.66. The van der Waals surface area contributed by atoms with Gasteiger partial charge >= 0.3 is 0 Å². The summed E-state index contributed by atoms with van der Waals surface area (Å²) in [6, 6.07) is 13.9. The van der Waals surface area contributed by atoms with Gasteiger partial charge in [0.1, 0.15) is 18.1 Å². The fraction of sp³-hybridized carbons (Fsp3) is 0.200. The van der Waals surface area contributed by atoms with Crippen LogP contribution in [-0.4, -0.2) is 7.11 Å². The van der Waals surface area contributed by atoms with Crippen LogP contribution in [0.1, 0.15) is 11.1 Å². The van der Waals surface area contributed by atoms with E-state index in [0.29, 0.717) is 6.61 Å². The third-order valence-corrected chi connectivity index (χ3v) is 3.31. The van der Waals surface area contributed by atoms with Crippen molar-refractivity contribution in [1.29, 1.82) is 0 Å². The predicted molar refractivity (Wildman–Crippen MR) is 76.2 cm³/mol. The van der Waals surface area contributed by atoms with E-state index < -0.39 is 0 Å². The number of hydrogen-bond acceptors (Lipinski definition) is 2. The molecule has 0 saturated carbocycles. The molecule has 2 rings (SSSR count). The SMILES string of the molecule is COc1cccc(COc2c(C)cccc2Br)c1. The molecule has 0 N–H and O–H groups in total. The first-order valence-electron chi connectivity index (χ1n) is 5.71. The maximum absolute atomic E-state index is 5.85. The van der Waals surface area contributed by atoms with Crippen molar-refractivity contribution in [2.24, 2.45) is 0 Å². The summed E-state index contributed by atoms with van der Waals surface area (Å²) in [5.74, 6) is 1.74. The molecule has 94 valence electrons. The molecule has 0 bridgehead atoms. The highest BCUT2D eigenvalue weighted by atomic mass is 79.9. The van der Waals surface area contributed by atoms with Gasteiger partial charge in [0.25, 0.3) is 0 Å². The van der Waals surface area contributed by atoms with Crippen LogP contribution in [0.4, 0.5) is 0 Å². The highest BCUT2D eigenvalue weighted by Crippen LogP contribution is 2.29. The largest absolute Gasteiger partial charge is 0.497 e. The van der Waals surface area contributed by atoms with E-state index in [1.165, 1.54) is 0 Å². The lowest BCUT2D eigenvalue weighted by atomic mass is 10.2. The smallest absolute Gasteiger partial charge is 0.136 e. The zero-order chi connectivity index (χ0) is 13.0. The number of rotatable bonds is 4. The molecule has 0 fully saturated rings. The zero-order valence-electron chi connectivity index (χ0n) is 10.4. The Morgan fingerprint density at radius 3 is 2.61 bits per heavy atom. The molecule has 0 aliphatic carbocycles. The first-order valence-corrected chi connectivity index (χ1v) is 6.51. The van der Waals surface area contributed by atoms with Gasteiger partial charge in [-0.2, -0.15) is 0 Å². The number of benzene rings is 2. The van der Waals surface area contributed by atoms with Crippen LogP contribution >= 0.6 is 15.9 Å². The Morgan fingerprint density at radius 2 is 1.89 bits per heavy atom. The van der Waals surface area contributed by atoms with E-state index in [1.807, 2.05) is 49.4 Å². The van der Waals surface area contributed by atoms with Crippen LogP contribution in [0.3, 0.4) is 0 Å². The van der Waals surface area contributed by atoms with Crippen LogP contribution in [0.2, 0.25) is 0 Å². The van der Waals surface area contributed by atoms with Gasteiger partial charge in [0.05, 0.1) is 11.6 Å². The average molecular weight is 307 g/mol. The summed E-state index contributed by atoms with van der Waals surface area (Å²) in [6.07, 6.45) is 0. The molecular formula is C15H15BrO2. The van der Waals surface area contributed by atoms with Crippen LogP contribution in [0.15, 0.2) is 46.9 Å². The monoisotopic (exact) mass is 306 g/mol. The molecule has 3 heteroatoms. The molecule has 0 aliphatic rings. The van der Waals surface area contributed by atoms with Crippen molar-refractivity contribution >= 4 is 15.9 Å². The van der Waals surface area contributed by atoms with Gasteiger partial charge in [-0.15, -0.1) is 0 Å². The molecule has 2 aromatic carbocycles. The van der Waals surface area contributed by atoms with Crippen molar-refractivity contribution in [3.8, 4) is 11.5 Å². The topological polar surface area (TPSA) is 18.5 Å². The van der Waals surface area contributed by atoms with E-state index in [1.54, 1.807) is 7.11 Å². The number of para-hydroxylation sites is 1. The zero-order valence-corrected chi connectivity index (χ0v) is 12.0. The van der Waals surface area contributed by atoms with Gasteiger partial charge in [-0.25, -0.2) is 0 Å². The third-order valence-electron chi connectivity index (χ3n) is 2.68. The van der Waals surface area contributed by atoms with Gasteiger partial charge in [0.15, 0.2) is 0 Å². The van der Waals surface area contributed by atoms with Gasteiger partial charge < -0.3 is 9.47 Å².